The summed E-state index contributed by atoms with van der Waals surface area (Å²) >= 11 is 0. The van der Waals surface area contributed by atoms with E-state index in [0.29, 0.717) is 52.9 Å². The molecule has 288 valence electrons. The van der Waals surface area contributed by atoms with Crippen LogP contribution in [0.2, 0.25) is 0 Å². The fourth-order valence-electron chi connectivity index (χ4n) is 8.14. The molecule has 3 atom stereocenters. The molecule has 2 aromatic heterocycles. The molecule has 0 spiro atoms. The molecule has 5 heterocycles. The van der Waals surface area contributed by atoms with Crippen LogP contribution >= 0.6 is 0 Å². The average molecular weight is 757 g/mol. The number of carbonyl (C=O) groups is 1. The lowest BCUT2D eigenvalue weighted by Crippen LogP contribution is -2.59. The number of piperidine rings is 3. The molecule has 13 heteroatoms. The van der Waals surface area contributed by atoms with Gasteiger partial charge in [0.25, 0.3) is 5.89 Å². The van der Waals surface area contributed by atoms with Crippen LogP contribution < -0.4 is 15.6 Å². The molecule has 3 aliphatic rings. The number of aromatic nitrogens is 3. The maximum Gasteiger partial charge on any atom is 0.408 e. The van der Waals surface area contributed by atoms with Gasteiger partial charge in [0.1, 0.15) is 11.5 Å². The number of aromatic amines is 1. The zero-order valence-electron chi connectivity index (χ0n) is 30.8. The van der Waals surface area contributed by atoms with E-state index in [4.69, 9.17) is 9.26 Å². The summed E-state index contributed by atoms with van der Waals surface area (Å²) in [5.74, 6) is 1.61. The van der Waals surface area contributed by atoms with Crippen LogP contribution in [0.1, 0.15) is 53.1 Å². The van der Waals surface area contributed by atoms with Gasteiger partial charge in [0, 0.05) is 30.1 Å². The maximum absolute atomic E-state index is 13.0. The van der Waals surface area contributed by atoms with E-state index in [1.54, 1.807) is 17.0 Å². The smallest absolute Gasteiger partial charge is 0.408 e. The van der Waals surface area contributed by atoms with Gasteiger partial charge in [-0.05, 0) is 91.3 Å². The zero-order valence-corrected chi connectivity index (χ0v) is 30.8. The number of benzene rings is 4. The molecule has 9 rings (SSSR count). The number of ether oxygens (including phenoxy) is 1. The third-order valence-corrected chi connectivity index (χ3v) is 11.0. The molecular formula is C43H44N6O7. The lowest BCUT2D eigenvalue weighted by atomic mass is 9.81. The highest BCUT2D eigenvalue weighted by Crippen LogP contribution is 2.39. The van der Waals surface area contributed by atoms with Gasteiger partial charge in [-0.15, -0.1) is 0 Å². The number of nitrogens with one attached hydrogen (secondary N) is 2. The number of aliphatic hydroxyl groups excluding tert-OH is 1. The molecule has 0 radical (unpaired) electrons. The molecule has 5 N–H and O–H groups in total. The molecule has 4 aromatic carbocycles. The molecule has 0 saturated carbocycles. The van der Waals surface area contributed by atoms with Crippen molar-refractivity contribution < 1.29 is 29.4 Å². The second kappa shape index (κ2) is 16.4. The average Bonchev–Trinajstić information content (AvgIpc) is 3.71. The Labute approximate surface area is 323 Å². The van der Waals surface area contributed by atoms with Gasteiger partial charge in [0.2, 0.25) is 11.4 Å². The minimum atomic E-state index is -0.927. The fraction of sp³-hybridized carbons (Fsp3) is 0.302. The number of H-pyrrole nitrogens is 1. The lowest BCUT2D eigenvalue weighted by Gasteiger charge is -2.50. The number of pyridine rings is 1. The summed E-state index contributed by atoms with van der Waals surface area (Å²) in [5.41, 5.74) is 4.20. The highest BCUT2D eigenvalue weighted by molar-refractivity contribution is 5.87. The van der Waals surface area contributed by atoms with Crippen molar-refractivity contribution in [2.24, 2.45) is 5.92 Å². The predicted octanol–water partition coefficient (Wildman–Crippen LogP) is 5.89. The van der Waals surface area contributed by atoms with E-state index in [0.717, 1.165) is 61.2 Å². The van der Waals surface area contributed by atoms with E-state index in [1.807, 2.05) is 78.9 Å². The minimum Gasteiger partial charge on any atom is -0.506 e. The van der Waals surface area contributed by atoms with Crippen LogP contribution in [0.3, 0.4) is 0 Å². The molecule has 13 nitrogen and oxygen atoms in total. The van der Waals surface area contributed by atoms with Crippen molar-refractivity contribution in [3.63, 3.8) is 0 Å². The highest BCUT2D eigenvalue weighted by atomic mass is 16.5. The Morgan fingerprint density at radius 1 is 0.982 bits per heavy atom. The van der Waals surface area contributed by atoms with Crippen LogP contribution in [0.25, 0.3) is 22.3 Å². The van der Waals surface area contributed by atoms with Gasteiger partial charge in [-0.1, -0.05) is 78.0 Å². The van der Waals surface area contributed by atoms with Crippen molar-refractivity contribution in [1.82, 2.24) is 30.2 Å². The predicted molar refractivity (Wildman–Crippen MR) is 209 cm³/mol. The standard InChI is InChI=1S/C43H44N6O7/c50-36-15-13-33(34-14-16-38(52)45-40(34)36)37(51)24-44-20-17-27-9-11-30(12-10-27)42-46-39(56-47-42)26-55-32-8-4-7-31(23-32)41(29-5-2-1-3-6-29)49(43(53)54)35-25-48-21-18-28(35)19-22-48/h1-16,23,28,35,37,41,44,50-51H,17-22,24-26H2,(H,45,52)(H,53,54)/t35?,37-,41+/m0/s1. The van der Waals surface area contributed by atoms with Gasteiger partial charge in [0.15, 0.2) is 6.61 Å². The summed E-state index contributed by atoms with van der Waals surface area (Å²) in [6.07, 6.45) is 0.973. The number of phenols is 1. The van der Waals surface area contributed by atoms with Crippen LogP contribution in [0, 0.1) is 5.92 Å². The Morgan fingerprint density at radius 2 is 1.77 bits per heavy atom. The van der Waals surface area contributed by atoms with Gasteiger partial charge >= 0.3 is 6.09 Å². The summed E-state index contributed by atoms with van der Waals surface area (Å²) in [6.45, 7) is 3.75. The van der Waals surface area contributed by atoms with Gasteiger partial charge < -0.3 is 39.8 Å². The van der Waals surface area contributed by atoms with Crippen molar-refractivity contribution in [2.45, 2.75) is 44.1 Å². The molecule has 6 aromatic rings. The van der Waals surface area contributed by atoms with Crippen molar-refractivity contribution in [2.75, 3.05) is 32.7 Å². The molecule has 3 fully saturated rings. The number of fused-ring (bicyclic) bond motifs is 4. The van der Waals surface area contributed by atoms with E-state index in [9.17, 15) is 24.9 Å². The summed E-state index contributed by atoms with van der Waals surface area (Å²) in [6, 6.07) is 30.7. The van der Waals surface area contributed by atoms with E-state index in [-0.39, 0.29) is 24.0 Å². The monoisotopic (exact) mass is 756 g/mol. The van der Waals surface area contributed by atoms with Gasteiger partial charge in [-0.25, -0.2) is 4.79 Å². The van der Waals surface area contributed by atoms with E-state index in [1.165, 1.54) is 12.1 Å². The normalized spacial score (nSPS) is 18.8. The summed E-state index contributed by atoms with van der Waals surface area (Å²) in [7, 11) is 0. The highest BCUT2D eigenvalue weighted by Gasteiger charge is 2.43. The van der Waals surface area contributed by atoms with Crippen LogP contribution in [-0.2, 0) is 13.0 Å². The fourth-order valence-corrected chi connectivity index (χ4v) is 8.14. The summed E-state index contributed by atoms with van der Waals surface area (Å²) in [4.78, 5) is 35.9. The molecular weight excluding hydrogens is 713 g/mol. The molecule has 56 heavy (non-hydrogen) atoms. The Hall–Kier alpha value is -6.02. The second-order valence-corrected chi connectivity index (χ2v) is 14.5. The number of nitrogens with zero attached hydrogens (tertiary/aromatic N) is 4. The number of rotatable bonds is 14. The first-order valence-electron chi connectivity index (χ1n) is 19.0. The van der Waals surface area contributed by atoms with Gasteiger partial charge in [-0.2, -0.15) is 4.98 Å². The first-order valence-corrected chi connectivity index (χ1v) is 19.0. The Morgan fingerprint density at radius 3 is 2.52 bits per heavy atom. The van der Waals surface area contributed by atoms with Crippen molar-refractivity contribution >= 4 is 17.0 Å². The number of phenolic OH excluding ortho intramolecular Hbond substituents is 1. The van der Waals surface area contributed by atoms with Crippen LogP contribution in [0.15, 0.2) is 112 Å². The number of carboxylic acid groups (broad SMARTS) is 1. The first kappa shape index (κ1) is 36.9. The van der Waals surface area contributed by atoms with Crippen LogP contribution in [0.4, 0.5) is 4.79 Å². The number of aliphatic hydroxyl groups is 1. The minimum absolute atomic E-state index is 0.0439. The molecule has 1 unspecified atom stereocenters. The largest absolute Gasteiger partial charge is 0.506 e. The number of hydrogen-bond donors (Lipinski definition) is 5. The van der Waals surface area contributed by atoms with Crippen molar-refractivity contribution in [3.8, 4) is 22.9 Å². The zero-order chi connectivity index (χ0) is 38.6. The van der Waals surface area contributed by atoms with E-state index >= 15 is 0 Å². The van der Waals surface area contributed by atoms with E-state index in [2.05, 4.69) is 25.3 Å². The molecule has 3 saturated heterocycles. The summed E-state index contributed by atoms with van der Waals surface area (Å²) < 4.78 is 11.7. The Bertz CT molecular complexity index is 2340. The quantitative estimate of drug-likeness (QED) is 0.0838. The third-order valence-electron chi connectivity index (χ3n) is 11.0. The third kappa shape index (κ3) is 8.01. The molecule has 2 bridgehead atoms. The van der Waals surface area contributed by atoms with Crippen molar-refractivity contribution in [1.29, 1.82) is 0 Å². The number of amides is 1. The number of aromatic hydroxyl groups is 1. The van der Waals surface area contributed by atoms with Gasteiger partial charge in [0.05, 0.1) is 23.7 Å². The van der Waals surface area contributed by atoms with E-state index < -0.39 is 18.2 Å². The lowest BCUT2D eigenvalue weighted by molar-refractivity contribution is -0.000814. The van der Waals surface area contributed by atoms with Crippen LogP contribution in [0.5, 0.6) is 11.5 Å². The first-order chi connectivity index (χ1) is 27.3. The maximum atomic E-state index is 13.0. The molecule has 3 aliphatic heterocycles. The van der Waals surface area contributed by atoms with Crippen LogP contribution in [-0.4, -0.2) is 85.1 Å². The SMILES string of the molecule is O=C(O)N(C1CN2CCC1CC2)[C@H](c1ccccc1)c1cccc(OCc2nc(-c3ccc(CCNC[C@H](O)c4ccc(O)c5[nH]c(=O)ccc45)cc3)no2)c1. The molecule has 1 amide bonds. The van der Waals surface area contributed by atoms with Gasteiger partial charge in [-0.3, -0.25) is 9.69 Å². The van der Waals surface area contributed by atoms with Crippen molar-refractivity contribution in [3.05, 3.63) is 142 Å². The Kier molecular flexibility index (Phi) is 10.8. The number of hydrogen-bond acceptors (Lipinski definition) is 10. The molecule has 0 aliphatic carbocycles. The Balaban J connectivity index is 0.877. The topological polar surface area (TPSA) is 177 Å². The summed E-state index contributed by atoms with van der Waals surface area (Å²) in [5, 5.41) is 39.6. The second-order valence-electron chi connectivity index (χ2n) is 14.5.